The summed E-state index contributed by atoms with van der Waals surface area (Å²) in [7, 11) is 0. The molecule has 54 heavy (non-hydrogen) atoms. The molecule has 0 saturated heterocycles. The zero-order valence-corrected chi connectivity index (χ0v) is 28.4. The Balaban J connectivity index is 1.62. The monoisotopic (exact) mass is 710 g/mol. The van der Waals surface area contributed by atoms with E-state index in [2.05, 4.69) is 0 Å². The largest absolute Gasteiger partial charge is 0.478 e. The van der Waals surface area contributed by atoms with Gasteiger partial charge < -0.3 is 20.4 Å². The minimum atomic E-state index is -1.10. The van der Waals surface area contributed by atoms with Gasteiger partial charge in [0.2, 0.25) is 0 Å². The molecule has 8 heteroatoms. The Morgan fingerprint density at radius 3 is 0.870 bits per heavy atom. The van der Waals surface area contributed by atoms with Crippen molar-refractivity contribution in [2.75, 3.05) is 0 Å². The Labute approximate surface area is 309 Å². The average Bonchev–Trinajstić information content (AvgIpc) is 3.20. The van der Waals surface area contributed by atoms with Crippen LogP contribution in [-0.2, 0) is 0 Å². The number of benzene rings is 7. The predicted molar refractivity (Wildman–Crippen MR) is 207 cm³/mol. The molecule has 0 aliphatic carbocycles. The summed E-state index contributed by atoms with van der Waals surface area (Å²) in [4.78, 5) is 47.6. The standard InChI is InChI=1S/C46H30O8/c47-43(48)34-18-10-30(11-19-34)39-26-38(29-8-6-28(7-9-29)27-4-2-1-3-5-27)40(31-12-20-35(21-13-31)44(49)50)42(33-16-24-37(25-17-33)46(53)54)41(39)32-14-22-36(23-15-32)45(51)52/h1-26H,(H,47,48)(H,49,50)(H,51,52)(H,53,54). The summed E-state index contributed by atoms with van der Waals surface area (Å²) in [5, 5.41) is 38.9. The number of carbonyl (C=O) groups is 4. The van der Waals surface area contributed by atoms with E-state index in [9.17, 15) is 39.6 Å². The Morgan fingerprint density at radius 1 is 0.278 bits per heavy atom. The van der Waals surface area contributed by atoms with Crippen LogP contribution in [0.5, 0.6) is 0 Å². The van der Waals surface area contributed by atoms with Crippen molar-refractivity contribution >= 4 is 23.9 Å². The van der Waals surface area contributed by atoms with E-state index in [1.807, 2.05) is 60.7 Å². The normalized spacial score (nSPS) is 10.8. The molecule has 4 N–H and O–H groups in total. The maximum atomic E-state index is 11.9. The molecule has 0 atom stereocenters. The lowest BCUT2D eigenvalue weighted by atomic mass is 9.78. The van der Waals surface area contributed by atoms with Crippen molar-refractivity contribution in [2.24, 2.45) is 0 Å². The van der Waals surface area contributed by atoms with Gasteiger partial charge in [0.1, 0.15) is 0 Å². The summed E-state index contributed by atoms with van der Waals surface area (Å²) in [6, 6.07) is 45.8. The molecule has 0 aliphatic heterocycles. The summed E-state index contributed by atoms with van der Waals surface area (Å²) >= 11 is 0. The van der Waals surface area contributed by atoms with Gasteiger partial charge in [0.15, 0.2) is 0 Å². The fourth-order valence-electron chi connectivity index (χ4n) is 6.63. The highest BCUT2D eigenvalue weighted by atomic mass is 16.4. The molecule has 0 unspecified atom stereocenters. The summed E-state index contributed by atoms with van der Waals surface area (Å²) in [5.74, 6) is -4.35. The summed E-state index contributed by atoms with van der Waals surface area (Å²) < 4.78 is 0. The third kappa shape index (κ3) is 6.87. The van der Waals surface area contributed by atoms with Gasteiger partial charge in [-0.2, -0.15) is 0 Å². The molecule has 8 nitrogen and oxygen atoms in total. The van der Waals surface area contributed by atoms with Crippen molar-refractivity contribution < 1.29 is 39.6 Å². The van der Waals surface area contributed by atoms with E-state index in [1.165, 1.54) is 48.5 Å². The molecular weight excluding hydrogens is 680 g/mol. The van der Waals surface area contributed by atoms with Gasteiger partial charge in [-0.05, 0) is 121 Å². The lowest BCUT2D eigenvalue weighted by molar-refractivity contribution is 0.0686. The number of aromatic carboxylic acids is 4. The van der Waals surface area contributed by atoms with Crippen molar-refractivity contribution in [2.45, 2.75) is 0 Å². The van der Waals surface area contributed by atoms with Crippen LogP contribution >= 0.6 is 0 Å². The molecule has 7 aromatic carbocycles. The number of hydrogen-bond donors (Lipinski definition) is 4. The number of carboxylic acid groups (broad SMARTS) is 4. The van der Waals surface area contributed by atoms with Crippen LogP contribution < -0.4 is 0 Å². The SMILES string of the molecule is O=C(O)c1ccc(-c2cc(-c3ccc(-c4ccccc4)cc3)c(-c3ccc(C(=O)O)cc3)c(-c3ccc(C(=O)O)cc3)c2-c2ccc(C(=O)O)cc2)cc1. The van der Waals surface area contributed by atoms with Crippen LogP contribution in [-0.4, -0.2) is 44.3 Å². The van der Waals surface area contributed by atoms with Gasteiger partial charge in [-0.25, -0.2) is 19.2 Å². The lowest BCUT2D eigenvalue weighted by Crippen LogP contribution is -2.01. The van der Waals surface area contributed by atoms with Gasteiger partial charge in [0, 0.05) is 0 Å². The molecule has 262 valence electrons. The van der Waals surface area contributed by atoms with Gasteiger partial charge in [-0.15, -0.1) is 0 Å². The zero-order valence-electron chi connectivity index (χ0n) is 28.4. The minimum absolute atomic E-state index is 0.0793. The lowest BCUT2D eigenvalue weighted by Gasteiger charge is -2.25. The van der Waals surface area contributed by atoms with E-state index in [4.69, 9.17) is 0 Å². The fourth-order valence-corrected chi connectivity index (χ4v) is 6.63. The summed E-state index contributed by atoms with van der Waals surface area (Å²) in [5.41, 5.74) is 9.35. The van der Waals surface area contributed by atoms with Crippen LogP contribution in [0.1, 0.15) is 41.4 Å². The minimum Gasteiger partial charge on any atom is -0.478 e. The van der Waals surface area contributed by atoms with Crippen LogP contribution in [0.25, 0.3) is 66.8 Å². The smallest absolute Gasteiger partial charge is 0.335 e. The van der Waals surface area contributed by atoms with E-state index in [0.29, 0.717) is 44.5 Å². The third-order valence-corrected chi connectivity index (χ3v) is 9.33. The van der Waals surface area contributed by atoms with Crippen molar-refractivity contribution in [1.29, 1.82) is 0 Å². The van der Waals surface area contributed by atoms with E-state index >= 15 is 0 Å². The highest BCUT2D eigenvalue weighted by Crippen LogP contribution is 2.50. The molecule has 0 bridgehead atoms. The molecule has 0 heterocycles. The molecule has 0 radical (unpaired) electrons. The van der Waals surface area contributed by atoms with E-state index in [1.54, 1.807) is 48.5 Å². The van der Waals surface area contributed by atoms with Crippen molar-refractivity contribution in [1.82, 2.24) is 0 Å². The Bertz CT molecular complexity index is 2540. The quantitative estimate of drug-likeness (QED) is 0.110. The maximum absolute atomic E-state index is 11.9. The Kier molecular flexibility index (Phi) is 9.41. The van der Waals surface area contributed by atoms with Gasteiger partial charge in [0.25, 0.3) is 0 Å². The van der Waals surface area contributed by atoms with E-state index in [-0.39, 0.29) is 22.3 Å². The first-order chi connectivity index (χ1) is 26.1. The Morgan fingerprint density at radius 2 is 0.537 bits per heavy atom. The van der Waals surface area contributed by atoms with Crippen molar-refractivity contribution in [3.63, 3.8) is 0 Å². The highest BCUT2D eigenvalue weighted by molar-refractivity contribution is 6.08. The first-order valence-corrected chi connectivity index (χ1v) is 16.8. The van der Waals surface area contributed by atoms with Crippen LogP contribution in [0.3, 0.4) is 0 Å². The first-order valence-electron chi connectivity index (χ1n) is 16.8. The second-order valence-corrected chi connectivity index (χ2v) is 12.6. The molecule has 7 rings (SSSR count). The first kappa shape index (κ1) is 34.9. The molecule has 0 aliphatic rings. The van der Waals surface area contributed by atoms with Crippen LogP contribution in [0, 0.1) is 0 Å². The average molecular weight is 711 g/mol. The summed E-state index contributed by atoms with van der Waals surface area (Å²) in [6.07, 6.45) is 0. The molecule has 0 aromatic heterocycles. The van der Waals surface area contributed by atoms with E-state index < -0.39 is 23.9 Å². The molecule has 0 saturated carbocycles. The highest BCUT2D eigenvalue weighted by Gasteiger charge is 2.25. The van der Waals surface area contributed by atoms with Gasteiger partial charge in [-0.3, -0.25) is 0 Å². The third-order valence-electron chi connectivity index (χ3n) is 9.33. The van der Waals surface area contributed by atoms with Crippen LogP contribution in [0.15, 0.2) is 158 Å². The second kappa shape index (κ2) is 14.6. The number of carboxylic acids is 4. The topological polar surface area (TPSA) is 149 Å². The predicted octanol–water partition coefficient (Wildman–Crippen LogP) is 10.5. The molecule has 0 amide bonds. The van der Waals surface area contributed by atoms with E-state index in [0.717, 1.165) is 22.3 Å². The van der Waals surface area contributed by atoms with Gasteiger partial charge in [-0.1, -0.05) is 103 Å². The van der Waals surface area contributed by atoms with Crippen molar-refractivity contribution in [3.8, 4) is 66.8 Å². The van der Waals surface area contributed by atoms with Crippen LogP contribution in [0.4, 0.5) is 0 Å². The van der Waals surface area contributed by atoms with Crippen LogP contribution in [0.2, 0.25) is 0 Å². The van der Waals surface area contributed by atoms with Gasteiger partial charge >= 0.3 is 23.9 Å². The van der Waals surface area contributed by atoms with Gasteiger partial charge in [0.05, 0.1) is 22.3 Å². The Hall–Kier alpha value is -7.58. The molecule has 7 aromatic rings. The van der Waals surface area contributed by atoms with Crippen molar-refractivity contribution in [3.05, 3.63) is 180 Å². The molecule has 0 fully saturated rings. The zero-order chi connectivity index (χ0) is 37.9. The second-order valence-electron chi connectivity index (χ2n) is 12.6. The molecule has 0 spiro atoms. The summed E-state index contributed by atoms with van der Waals surface area (Å²) in [6.45, 7) is 0. The maximum Gasteiger partial charge on any atom is 0.335 e. The fraction of sp³-hybridized carbons (Fsp3) is 0. The number of rotatable bonds is 10. The number of hydrogen-bond acceptors (Lipinski definition) is 4. The molecular formula is C46H30O8.